The molecule has 1 amide bonds. The van der Waals surface area contributed by atoms with Gasteiger partial charge >= 0.3 is 6.09 Å². The van der Waals surface area contributed by atoms with Crippen molar-refractivity contribution < 1.29 is 9.53 Å². The summed E-state index contributed by atoms with van der Waals surface area (Å²) in [5, 5.41) is 2.98. The van der Waals surface area contributed by atoms with E-state index < -0.39 is 5.60 Å². The quantitative estimate of drug-likeness (QED) is 0.758. The largest absolute Gasteiger partial charge is 0.444 e. The minimum Gasteiger partial charge on any atom is -0.444 e. The van der Waals surface area contributed by atoms with Crippen molar-refractivity contribution in [3.63, 3.8) is 0 Å². The fraction of sp³-hybridized carbons (Fsp3) is 0.938. The van der Waals surface area contributed by atoms with E-state index in [1.165, 1.54) is 32.2 Å². The van der Waals surface area contributed by atoms with Gasteiger partial charge in [-0.15, -0.1) is 0 Å². The molecule has 1 fully saturated rings. The van der Waals surface area contributed by atoms with E-state index in [9.17, 15) is 4.79 Å². The van der Waals surface area contributed by atoms with Crippen LogP contribution in [0.25, 0.3) is 0 Å². The van der Waals surface area contributed by atoms with Crippen LogP contribution < -0.4 is 5.32 Å². The molecule has 1 N–H and O–H groups in total. The maximum atomic E-state index is 11.7. The molecule has 1 saturated heterocycles. The Kier molecular flexibility index (Phi) is 7.35. The zero-order chi connectivity index (χ0) is 15.0. The summed E-state index contributed by atoms with van der Waals surface area (Å²) in [6, 6.07) is 0.275. The van der Waals surface area contributed by atoms with Crippen LogP contribution in [0.4, 0.5) is 4.79 Å². The highest BCUT2D eigenvalue weighted by Crippen LogP contribution is 2.13. The number of amides is 1. The highest BCUT2D eigenvalue weighted by Gasteiger charge is 2.23. The number of hydrogen-bond acceptors (Lipinski definition) is 3. The minimum absolute atomic E-state index is 0.275. The molecule has 0 bridgehead atoms. The van der Waals surface area contributed by atoms with Crippen molar-refractivity contribution in [1.29, 1.82) is 0 Å². The van der Waals surface area contributed by atoms with Crippen LogP contribution in [0.5, 0.6) is 0 Å². The molecule has 1 rings (SSSR count). The molecule has 0 unspecified atom stereocenters. The van der Waals surface area contributed by atoms with Crippen molar-refractivity contribution in [3.05, 3.63) is 0 Å². The fourth-order valence-corrected chi connectivity index (χ4v) is 2.54. The predicted octanol–water partition coefficient (Wildman–Crippen LogP) is 3.56. The Balaban J connectivity index is 2.14. The molecule has 0 aromatic carbocycles. The maximum Gasteiger partial charge on any atom is 0.407 e. The zero-order valence-corrected chi connectivity index (χ0v) is 13.7. The van der Waals surface area contributed by atoms with Gasteiger partial charge in [-0.25, -0.2) is 4.79 Å². The monoisotopic (exact) mass is 284 g/mol. The highest BCUT2D eigenvalue weighted by molar-refractivity contribution is 5.68. The van der Waals surface area contributed by atoms with E-state index in [0.717, 1.165) is 25.9 Å². The van der Waals surface area contributed by atoms with Crippen molar-refractivity contribution in [3.8, 4) is 0 Å². The first-order valence-corrected chi connectivity index (χ1v) is 8.12. The van der Waals surface area contributed by atoms with Gasteiger partial charge in [0.05, 0.1) is 0 Å². The first-order valence-electron chi connectivity index (χ1n) is 8.12. The van der Waals surface area contributed by atoms with E-state index in [1.807, 2.05) is 20.8 Å². The van der Waals surface area contributed by atoms with Crippen molar-refractivity contribution >= 4 is 6.09 Å². The zero-order valence-electron chi connectivity index (χ0n) is 13.7. The number of rotatable bonds is 6. The Bertz CT molecular complexity index is 279. The summed E-state index contributed by atoms with van der Waals surface area (Å²) in [5.41, 5.74) is -0.413. The third-order valence-electron chi connectivity index (χ3n) is 3.64. The van der Waals surface area contributed by atoms with Crippen molar-refractivity contribution in [2.24, 2.45) is 0 Å². The van der Waals surface area contributed by atoms with Crippen LogP contribution in [-0.4, -0.2) is 42.3 Å². The van der Waals surface area contributed by atoms with Gasteiger partial charge in [-0.3, -0.25) is 0 Å². The Labute approximate surface area is 124 Å². The molecule has 118 valence electrons. The number of ether oxygens (including phenoxy) is 1. The normalized spacial score (nSPS) is 18.0. The third kappa shape index (κ3) is 7.73. The molecule has 20 heavy (non-hydrogen) atoms. The van der Waals surface area contributed by atoms with E-state index in [2.05, 4.69) is 17.1 Å². The number of piperidine rings is 1. The number of carbonyl (C=O) groups is 1. The van der Waals surface area contributed by atoms with Crippen molar-refractivity contribution in [1.82, 2.24) is 10.2 Å². The number of likely N-dealkylation sites (tertiary alicyclic amines) is 1. The molecule has 0 saturated carbocycles. The second-order valence-electron chi connectivity index (χ2n) is 6.82. The first-order chi connectivity index (χ1) is 9.40. The Hall–Kier alpha value is -0.770. The lowest BCUT2D eigenvalue weighted by atomic mass is 10.0. The van der Waals surface area contributed by atoms with E-state index >= 15 is 0 Å². The Morgan fingerprint density at radius 2 is 1.85 bits per heavy atom. The lowest BCUT2D eigenvalue weighted by Crippen LogP contribution is -2.46. The molecule has 0 atom stereocenters. The Morgan fingerprint density at radius 1 is 1.20 bits per heavy atom. The lowest BCUT2D eigenvalue weighted by molar-refractivity contribution is 0.0479. The fourth-order valence-electron chi connectivity index (χ4n) is 2.54. The van der Waals surface area contributed by atoms with E-state index in [-0.39, 0.29) is 12.1 Å². The average molecular weight is 284 g/mol. The molecule has 0 spiro atoms. The van der Waals surface area contributed by atoms with Gasteiger partial charge in [-0.2, -0.15) is 0 Å². The Morgan fingerprint density at radius 3 is 2.40 bits per heavy atom. The van der Waals surface area contributed by atoms with E-state index in [1.54, 1.807) is 0 Å². The number of carbonyl (C=O) groups excluding carboxylic acids is 1. The summed E-state index contributed by atoms with van der Waals surface area (Å²) in [5.74, 6) is 0. The molecule has 0 radical (unpaired) electrons. The summed E-state index contributed by atoms with van der Waals surface area (Å²) in [7, 11) is 0. The summed E-state index contributed by atoms with van der Waals surface area (Å²) in [4.78, 5) is 14.2. The molecule has 0 aromatic heterocycles. The number of unbranched alkanes of at least 4 members (excludes halogenated alkanes) is 3. The van der Waals surface area contributed by atoms with Crippen LogP contribution in [0, 0.1) is 0 Å². The second kappa shape index (κ2) is 8.50. The van der Waals surface area contributed by atoms with Crippen molar-refractivity contribution in [2.75, 3.05) is 19.6 Å². The third-order valence-corrected chi connectivity index (χ3v) is 3.64. The van der Waals surface area contributed by atoms with Crippen LogP contribution in [0.15, 0.2) is 0 Å². The highest BCUT2D eigenvalue weighted by atomic mass is 16.6. The van der Waals surface area contributed by atoms with Gasteiger partial charge in [-0.1, -0.05) is 26.2 Å². The maximum absolute atomic E-state index is 11.7. The number of nitrogens with one attached hydrogen (secondary N) is 1. The molecule has 4 nitrogen and oxygen atoms in total. The van der Waals surface area contributed by atoms with Crippen LogP contribution in [0.1, 0.15) is 66.2 Å². The van der Waals surface area contributed by atoms with Gasteiger partial charge in [0.15, 0.2) is 0 Å². The minimum atomic E-state index is -0.413. The average Bonchev–Trinajstić information content (AvgIpc) is 2.34. The number of alkyl carbamates (subject to hydrolysis) is 1. The van der Waals surface area contributed by atoms with Crippen LogP contribution in [-0.2, 0) is 4.74 Å². The summed E-state index contributed by atoms with van der Waals surface area (Å²) < 4.78 is 5.30. The van der Waals surface area contributed by atoms with Crippen LogP contribution in [0.3, 0.4) is 0 Å². The molecule has 0 aliphatic carbocycles. The number of hydrogen-bond donors (Lipinski definition) is 1. The molecule has 1 heterocycles. The van der Waals surface area contributed by atoms with Gasteiger partial charge < -0.3 is 15.0 Å². The van der Waals surface area contributed by atoms with Gasteiger partial charge in [0.1, 0.15) is 5.60 Å². The van der Waals surface area contributed by atoms with E-state index in [0.29, 0.717) is 0 Å². The molecule has 1 aliphatic rings. The van der Waals surface area contributed by atoms with Crippen LogP contribution >= 0.6 is 0 Å². The van der Waals surface area contributed by atoms with Gasteiger partial charge in [0.25, 0.3) is 0 Å². The lowest BCUT2D eigenvalue weighted by Gasteiger charge is -2.32. The van der Waals surface area contributed by atoms with Gasteiger partial charge in [0.2, 0.25) is 0 Å². The SMILES string of the molecule is CCCCCCN1CCC(NC(=O)OC(C)(C)C)CC1. The molecule has 1 aliphatic heterocycles. The standard InChI is InChI=1S/C16H32N2O2/c1-5-6-7-8-11-18-12-9-14(10-13-18)17-15(19)20-16(2,3)4/h14H,5-13H2,1-4H3,(H,17,19). The van der Waals surface area contributed by atoms with Crippen molar-refractivity contribution in [2.45, 2.75) is 77.9 Å². The first kappa shape index (κ1) is 17.3. The summed E-state index contributed by atoms with van der Waals surface area (Å²) in [6.45, 7) is 11.3. The topological polar surface area (TPSA) is 41.6 Å². The van der Waals surface area contributed by atoms with E-state index in [4.69, 9.17) is 4.74 Å². The molecule has 4 heteroatoms. The predicted molar refractivity (Wildman–Crippen MR) is 83.0 cm³/mol. The summed E-state index contributed by atoms with van der Waals surface area (Å²) >= 11 is 0. The molecular formula is C16H32N2O2. The molecular weight excluding hydrogens is 252 g/mol. The smallest absolute Gasteiger partial charge is 0.407 e. The molecule has 0 aromatic rings. The summed E-state index contributed by atoms with van der Waals surface area (Å²) in [6.07, 6.45) is 7.07. The second-order valence-corrected chi connectivity index (χ2v) is 6.82. The van der Waals surface area contributed by atoms with Gasteiger partial charge in [0, 0.05) is 19.1 Å². The van der Waals surface area contributed by atoms with Gasteiger partial charge in [-0.05, 0) is 46.6 Å². The number of nitrogens with zero attached hydrogens (tertiary/aromatic N) is 1. The van der Waals surface area contributed by atoms with Crippen LogP contribution in [0.2, 0.25) is 0 Å².